The summed E-state index contributed by atoms with van der Waals surface area (Å²) < 4.78 is 19.1. The van der Waals surface area contributed by atoms with Gasteiger partial charge in [0.2, 0.25) is 5.95 Å². The zero-order chi connectivity index (χ0) is 18.8. The Morgan fingerprint density at radius 1 is 1.24 bits per heavy atom. The lowest BCUT2D eigenvalue weighted by molar-refractivity contribution is -0.153. The monoisotopic (exact) mass is 343 g/mol. The van der Waals surface area contributed by atoms with Crippen LogP contribution in [0, 0.1) is 12.9 Å². The molecule has 0 bridgehead atoms. The molecule has 0 saturated carbocycles. The van der Waals surface area contributed by atoms with E-state index in [1.54, 1.807) is 6.07 Å². The molecule has 3 nitrogen and oxygen atoms in total. The fraction of sp³-hybridized carbons (Fsp3) is 0.429. The molecule has 2 rings (SSSR count). The third kappa shape index (κ3) is 5.12. The second kappa shape index (κ2) is 7.34. The van der Waals surface area contributed by atoms with Gasteiger partial charge in [0.25, 0.3) is 0 Å². The molecule has 0 N–H and O–H groups in total. The molecule has 2 aromatic rings. The van der Waals surface area contributed by atoms with Crippen LogP contribution in [0.2, 0.25) is 0 Å². The topological polar surface area (TPSA) is 39.2 Å². The molecule has 0 radical (unpaired) electrons. The van der Waals surface area contributed by atoms with Crippen molar-refractivity contribution in [2.24, 2.45) is 0 Å². The number of rotatable bonds is 4. The number of carbonyl (C=O) groups is 1. The third-order valence-corrected chi connectivity index (χ3v) is 3.83. The molecule has 1 aromatic heterocycles. The van der Waals surface area contributed by atoms with Gasteiger partial charge in [-0.15, -0.1) is 0 Å². The molecule has 0 saturated heterocycles. The number of aromatic nitrogens is 1. The van der Waals surface area contributed by atoms with Gasteiger partial charge in [-0.3, -0.25) is 4.79 Å². The summed E-state index contributed by atoms with van der Waals surface area (Å²) in [5.74, 6) is -0.579. The van der Waals surface area contributed by atoms with Crippen LogP contribution >= 0.6 is 0 Å². The minimum absolute atomic E-state index is 0.157. The van der Waals surface area contributed by atoms with Crippen LogP contribution in [0.3, 0.4) is 0 Å². The van der Waals surface area contributed by atoms with Crippen molar-refractivity contribution in [3.63, 3.8) is 0 Å². The Morgan fingerprint density at radius 2 is 1.92 bits per heavy atom. The molecule has 25 heavy (non-hydrogen) atoms. The van der Waals surface area contributed by atoms with Crippen LogP contribution in [0.5, 0.6) is 0 Å². The van der Waals surface area contributed by atoms with Crippen molar-refractivity contribution in [3.05, 3.63) is 53.1 Å². The van der Waals surface area contributed by atoms with Crippen LogP contribution in [-0.2, 0) is 16.0 Å². The molecular formula is C21H26FNO2. The predicted octanol–water partition coefficient (Wildman–Crippen LogP) is 5.20. The zero-order valence-corrected chi connectivity index (χ0v) is 15.8. The van der Waals surface area contributed by atoms with Gasteiger partial charge in [-0.25, -0.2) is 4.98 Å². The largest absolute Gasteiger partial charge is 0.460 e. The lowest BCUT2D eigenvalue weighted by atomic mass is 9.87. The Labute approximate surface area is 149 Å². The van der Waals surface area contributed by atoms with E-state index >= 15 is 0 Å². The number of carbonyl (C=O) groups excluding carboxylic acids is 1. The maximum Gasteiger partial charge on any atom is 0.310 e. The highest BCUT2D eigenvalue weighted by molar-refractivity contribution is 5.79. The van der Waals surface area contributed by atoms with Gasteiger partial charge in [-0.2, -0.15) is 4.39 Å². The fourth-order valence-electron chi connectivity index (χ4n) is 2.91. The summed E-state index contributed by atoms with van der Waals surface area (Å²) in [5, 5.41) is 0. The Bertz CT molecular complexity index is 776. The molecule has 0 unspecified atom stereocenters. The zero-order valence-electron chi connectivity index (χ0n) is 15.8. The molecule has 0 fully saturated rings. The van der Waals surface area contributed by atoms with E-state index in [4.69, 9.17) is 4.74 Å². The van der Waals surface area contributed by atoms with Gasteiger partial charge in [0.05, 0.1) is 6.42 Å². The lowest BCUT2D eigenvalue weighted by Gasteiger charge is -2.22. The van der Waals surface area contributed by atoms with Crippen molar-refractivity contribution in [1.82, 2.24) is 4.98 Å². The predicted molar refractivity (Wildman–Crippen MR) is 98.0 cm³/mol. The summed E-state index contributed by atoms with van der Waals surface area (Å²) in [5.41, 5.74) is 4.08. The van der Waals surface area contributed by atoms with Crippen LogP contribution in [-0.4, -0.2) is 16.6 Å². The van der Waals surface area contributed by atoms with E-state index in [2.05, 4.69) is 24.9 Å². The maximum absolute atomic E-state index is 13.6. The first-order valence-corrected chi connectivity index (χ1v) is 8.54. The summed E-state index contributed by atoms with van der Waals surface area (Å²) in [7, 11) is 0. The van der Waals surface area contributed by atoms with Crippen molar-refractivity contribution in [2.75, 3.05) is 0 Å². The van der Waals surface area contributed by atoms with Crippen LogP contribution in [0.15, 0.2) is 30.5 Å². The van der Waals surface area contributed by atoms with Crippen molar-refractivity contribution in [2.45, 2.75) is 59.5 Å². The average molecular weight is 343 g/mol. The highest BCUT2D eigenvalue weighted by atomic mass is 19.1. The Balaban J connectivity index is 2.56. The molecule has 1 heterocycles. The standard InChI is InChI=1S/C21H26FNO2/c1-13(2)16-9-14(3)10-17(15-7-8-23-19(22)11-15)18(16)12-20(24)25-21(4,5)6/h7-11,13H,12H2,1-6H3. The van der Waals surface area contributed by atoms with Crippen molar-refractivity contribution >= 4 is 5.97 Å². The molecule has 0 aliphatic heterocycles. The van der Waals surface area contributed by atoms with Gasteiger partial charge < -0.3 is 4.74 Å². The van der Waals surface area contributed by atoms with E-state index in [1.807, 2.05) is 33.8 Å². The summed E-state index contributed by atoms with van der Waals surface area (Å²) >= 11 is 0. The normalized spacial score (nSPS) is 11.7. The number of benzene rings is 1. The molecule has 0 aliphatic carbocycles. The minimum atomic E-state index is -0.539. The van der Waals surface area contributed by atoms with E-state index in [0.717, 1.165) is 27.8 Å². The van der Waals surface area contributed by atoms with Crippen molar-refractivity contribution in [3.8, 4) is 11.1 Å². The van der Waals surface area contributed by atoms with Crippen LogP contribution in [0.1, 0.15) is 57.2 Å². The van der Waals surface area contributed by atoms with Gasteiger partial charge in [-0.05, 0) is 61.9 Å². The number of nitrogens with zero attached hydrogens (tertiary/aromatic N) is 1. The van der Waals surface area contributed by atoms with E-state index in [1.165, 1.54) is 12.3 Å². The SMILES string of the molecule is Cc1cc(-c2ccnc(F)c2)c(CC(=O)OC(C)(C)C)c(C(C)C)c1. The van der Waals surface area contributed by atoms with Gasteiger partial charge in [0.1, 0.15) is 5.60 Å². The van der Waals surface area contributed by atoms with Gasteiger partial charge in [-0.1, -0.05) is 31.5 Å². The summed E-state index contributed by atoms with van der Waals surface area (Å²) in [4.78, 5) is 16.1. The second-order valence-corrected chi connectivity index (χ2v) is 7.67. The lowest BCUT2D eigenvalue weighted by Crippen LogP contribution is -2.25. The molecule has 0 atom stereocenters. The minimum Gasteiger partial charge on any atom is -0.460 e. The van der Waals surface area contributed by atoms with Gasteiger partial charge in [0, 0.05) is 12.3 Å². The number of ether oxygens (including phenoxy) is 1. The molecule has 0 aliphatic rings. The molecule has 4 heteroatoms. The van der Waals surface area contributed by atoms with Crippen LogP contribution in [0.25, 0.3) is 11.1 Å². The fourth-order valence-corrected chi connectivity index (χ4v) is 2.91. The summed E-state index contributed by atoms with van der Waals surface area (Å²) in [6, 6.07) is 7.24. The van der Waals surface area contributed by atoms with E-state index in [0.29, 0.717) is 0 Å². The Morgan fingerprint density at radius 3 is 2.48 bits per heavy atom. The number of aryl methyl sites for hydroxylation is 1. The first kappa shape index (κ1) is 19.1. The molecule has 134 valence electrons. The van der Waals surface area contributed by atoms with Gasteiger partial charge in [0.15, 0.2) is 0 Å². The molecule has 0 amide bonds. The van der Waals surface area contributed by atoms with E-state index < -0.39 is 11.5 Å². The third-order valence-electron chi connectivity index (χ3n) is 3.83. The van der Waals surface area contributed by atoms with Gasteiger partial charge >= 0.3 is 5.97 Å². The smallest absolute Gasteiger partial charge is 0.310 e. The van der Waals surface area contributed by atoms with Crippen LogP contribution in [0.4, 0.5) is 4.39 Å². The summed E-state index contributed by atoms with van der Waals surface area (Å²) in [6.07, 6.45) is 1.60. The van der Waals surface area contributed by atoms with Crippen molar-refractivity contribution < 1.29 is 13.9 Å². The molecule has 1 aromatic carbocycles. The Kier molecular flexibility index (Phi) is 5.61. The number of esters is 1. The maximum atomic E-state index is 13.6. The first-order valence-electron chi connectivity index (χ1n) is 8.54. The quantitative estimate of drug-likeness (QED) is 0.565. The number of hydrogen-bond acceptors (Lipinski definition) is 3. The number of pyridine rings is 1. The highest BCUT2D eigenvalue weighted by Gasteiger charge is 2.21. The van der Waals surface area contributed by atoms with E-state index in [9.17, 15) is 9.18 Å². The number of halogens is 1. The molecular weight excluding hydrogens is 317 g/mol. The highest BCUT2D eigenvalue weighted by Crippen LogP contribution is 2.32. The first-order chi connectivity index (χ1) is 11.6. The average Bonchev–Trinajstić information content (AvgIpc) is 2.46. The van der Waals surface area contributed by atoms with Crippen molar-refractivity contribution in [1.29, 1.82) is 0 Å². The number of hydrogen-bond donors (Lipinski definition) is 0. The second-order valence-electron chi connectivity index (χ2n) is 7.67. The molecule has 0 spiro atoms. The van der Waals surface area contributed by atoms with E-state index in [-0.39, 0.29) is 18.3 Å². The summed E-state index contributed by atoms with van der Waals surface area (Å²) in [6.45, 7) is 11.7. The Hall–Kier alpha value is -2.23. The van der Waals surface area contributed by atoms with Crippen LogP contribution < -0.4 is 0 Å².